The van der Waals surface area contributed by atoms with Crippen molar-refractivity contribution in [2.75, 3.05) is 18.4 Å². The number of thiazole rings is 1. The number of hydrogen-bond acceptors (Lipinski definition) is 7. The molecular formula is C17H19F2N7OS. The smallest absolute Gasteiger partial charge is 0.280 e. The minimum atomic E-state index is -2.64. The van der Waals surface area contributed by atoms with Gasteiger partial charge in [-0.2, -0.15) is 14.6 Å². The Morgan fingerprint density at radius 2 is 2.29 bits per heavy atom. The molecule has 0 spiro atoms. The van der Waals surface area contributed by atoms with Gasteiger partial charge in [0.1, 0.15) is 12.0 Å². The quantitative estimate of drug-likeness (QED) is 0.700. The maximum absolute atomic E-state index is 13.4. The van der Waals surface area contributed by atoms with E-state index in [4.69, 9.17) is 0 Å². The summed E-state index contributed by atoms with van der Waals surface area (Å²) in [6, 6.07) is 1.45. The summed E-state index contributed by atoms with van der Waals surface area (Å²) in [6.45, 7) is 3.78. The zero-order valence-electron chi connectivity index (χ0n) is 15.2. The van der Waals surface area contributed by atoms with E-state index in [1.165, 1.54) is 30.7 Å². The Kier molecular flexibility index (Phi) is 5.27. The monoisotopic (exact) mass is 407 g/mol. The van der Waals surface area contributed by atoms with E-state index in [-0.39, 0.29) is 23.3 Å². The molecule has 11 heteroatoms. The fourth-order valence-electron chi connectivity index (χ4n) is 3.47. The highest BCUT2D eigenvalue weighted by Gasteiger charge is 2.26. The molecule has 0 bridgehead atoms. The van der Waals surface area contributed by atoms with Crippen molar-refractivity contribution in [3.63, 3.8) is 0 Å². The lowest BCUT2D eigenvalue weighted by Crippen LogP contribution is -2.34. The summed E-state index contributed by atoms with van der Waals surface area (Å²) in [5.74, 6) is 0.103. The Labute approximate surface area is 163 Å². The SMILES string of the molecule is CC(=O)Nc1ncc(CN2CCC[C@@H](c3cc(C(F)F)n4ncnc4n3)C2)s1. The van der Waals surface area contributed by atoms with Gasteiger partial charge in [0.25, 0.3) is 12.2 Å². The van der Waals surface area contributed by atoms with E-state index in [9.17, 15) is 13.6 Å². The van der Waals surface area contributed by atoms with Gasteiger partial charge in [0.2, 0.25) is 5.91 Å². The largest absolute Gasteiger partial charge is 0.302 e. The predicted octanol–water partition coefficient (Wildman–Crippen LogP) is 2.86. The number of carbonyl (C=O) groups excluding carboxylic acids is 1. The van der Waals surface area contributed by atoms with Crippen LogP contribution in [0.1, 0.15) is 48.4 Å². The Morgan fingerprint density at radius 3 is 3.07 bits per heavy atom. The van der Waals surface area contributed by atoms with Gasteiger partial charge in [-0.05, 0) is 25.5 Å². The molecule has 1 fully saturated rings. The molecule has 0 unspecified atom stereocenters. The number of halogens is 2. The molecule has 28 heavy (non-hydrogen) atoms. The third-order valence-electron chi connectivity index (χ3n) is 4.66. The summed E-state index contributed by atoms with van der Waals surface area (Å²) in [6.07, 6.45) is 2.19. The third kappa shape index (κ3) is 3.99. The van der Waals surface area contributed by atoms with Crippen LogP contribution in [0.25, 0.3) is 5.78 Å². The standard InChI is InChI=1S/C17H19F2N7OS/c1-10(27)23-17-20-6-12(28-17)8-25-4-2-3-11(7-25)13-5-14(15(18)19)26-16(24-13)21-9-22-26/h5-6,9,11,15H,2-4,7-8H2,1H3,(H,20,23,27)/t11-/m1/s1. The highest BCUT2D eigenvalue weighted by Crippen LogP contribution is 2.30. The van der Waals surface area contributed by atoms with Crippen LogP contribution in [0.5, 0.6) is 0 Å². The Bertz CT molecular complexity index is 989. The van der Waals surface area contributed by atoms with Crippen molar-refractivity contribution in [1.82, 2.24) is 29.5 Å². The van der Waals surface area contributed by atoms with Crippen molar-refractivity contribution in [2.24, 2.45) is 0 Å². The van der Waals surface area contributed by atoms with Crippen LogP contribution in [0.4, 0.5) is 13.9 Å². The number of alkyl halides is 2. The van der Waals surface area contributed by atoms with Crippen LogP contribution in [0.2, 0.25) is 0 Å². The van der Waals surface area contributed by atoms with Gasteiger partial charge in [-0.3, -0.25) is 9.69 Å². The van der Waals surface area contributed by atoms with Gasteiger partial charge in [-0.15, -0.1) is 11.3 Å². The Balaban J connectivity index is 1.50. The highest BCUT2D eigenvalue weighted by atomic mass is 32.1. The molecular weight excluding hydrogens is 388 g/mol. The number of nitrogens with one attached hydrogen (secondary N) is 1. The van der Waals surface area contributed by atoms with Crippen LogP contribution in [-0.2, 0) is 11.3 Å². The van der Waals surface area contributed by atoms with Gasteiger partial charge in [-0.25, -0.2) is 18.7 Å². The van der Waals surface area contributed by atoms with Crippen molar-refractivity contribution in [2.45, 2.75) is 38.7 Å². The minimum absolute atomic E-state index is 0.0516. The number of rotatable bonds is 5. The summed E-state index contributed by atoms with van der Waals surface area (Å²) in [7, 11) is 0. The van der Waals surface area contributed by atoms with Crippen LogP contribution in [0.3, 0.4) is 0 Å². The van der Waals surface area contributed by atoms with E-state index < -0.39 is 6.43 Å². The zero-order valence-corrected chi connectivity index (χ0v) is 16.0. The summed E-state index contributed by atoms with van der Waals surface area (Å²) in [5.41, 5.74) is 0.445. The molecule has 148 valence electrons. The molecule has 1 aliphatic rings. The van der Waals surface area contributed by atoms with E-state index in [1.54, 1.807) is 6.20 Å². The average molecular weight is 407 g/mol. The summed E-state index contributed by atoms with van der Waals surface area (Å²) < 4.78 is 27.9. The lowest BCUT2D eigenvalue weighted by molar-refractivity contribution is -0.114. The van der Waals surface area contributed by atoms with Gasteiger partial charge >= 0.3 is 0 Å². The predicted molar refractivity (Wildman–Crippen MR) is 99.4 cm³/mol. The molecule has 1 atom stereocenters. The number of hydrogen-bond donors (Lipinski definition) is 1. The Morgan fingerprint density at radius 1 is 1.43 bits per heavy atom. The maximum Gasteiger partial charge on any atom is 0.280 e. The normalized spacial score (nSPS) is 18.1. The van der Waals surface area contributed by atoms with Crippen LogP contribution in [0.15, 0.2) is 18.6 Å². The van der Waals surface area contributed by atoms with E-state index in [1.807, 2.05) is 0 Å². The number of carbonyl (C=O) groups is 1. The summed E-state index contributed by atoms with van der Waals surface area (Å²) >= 11 is 1.44. The van der Waals surface area contributed by atoms with Gasteiger partial charge in [0.15, 0.2) is 5.13 Å². The van der Waals surface area contributed by atoms with Crippen LogP contribution in [0, 0.1) is 0 Å². The number of aromatic nitrogens is 5. The first-order valence-electron chi connectivity index (χ1n) is 8.93. The molecule has 4 rings (SSSR count). The second-order valence-corrected chi connectivity index (χ2v) is 7.88. The molecule has 4 heterocycles. The molecule has 0 aromatic carbocycles. The van der Waals surface area contributed by atoms with Crippen molar-refractivity contribution in [3.8, 4) is 0 Å². The molecule has 1 aliphatic heterocycles. The number of piperidine rings is 1. The first-order chi connectivity index (χ1) is 13.5. The summed E-state index contributed by atoms with van der Waals surface area (Å²) in [4.78, 5) is 27.1. The molecule has 0 radical (unpaired) electrons. The number of fused-ring (bicyclic) bond motifs is 1. The van der Waals surface area contributed by atoms with Crippen molar-refractivity contribution >= 4 is 28.2 Å². The number of nitrogens with zero attached hydrogens (tertiary/aromatic N) is 6. The third-order valence-corrected chi connectivity index (χ3v) is 5.56. The molecule has 1 N–H and O–H groups in total. The van der Waals surface area contributed by atoms with E-state index >= 15 is 0 Å². The molecule has 8 nitrogen and oxygen atoms in total. The fraction of sp³-hybridized carbons (Fsp3) is 0.471. The molecule has 1 saturated heterocycles. The lowest BCUT2D eigenvalue weighted by Gasteiger charge is -2.32. The van der Waals surface area contributed by atoms with Crippen LogP contribution in [-0.4, -0.2) is 48.5 Å². The molecule has 3 aromatic heterocycles. The van der Waals surface area contributed by atoms with Gasteiger partial charge in [0.05, 0.1) is 5.69 Å². The van der Waals surface area contributed by atoms with Crippen molar-refractivity contribution in [3.05, 3.63) is 34.9 Å². The second-order valence-electron chi connectivity index (χ2n) is 6.77. The van der Waals surface area contributed by atoms with Crippen molar-refractivity contribution < 1.29 is 13.6 Å². The Hall–Kier alpha value is -2.53. The summed E-state index contributed by atoms with van der Waals surface area (Å²) in [5, 5.41) is 7.10. The molecule has 0 saturated carbocycles. The van der Waals surface area contributed by atoms with E-state index in [0.717, 1.165) is 28.8 Å². The maximum atomic E-state index is 13.4. The number of amides is 1. The first-order valence-corrected chi connectivity index (χ1v) is 9.74. The zero-order chi connectivity index (χ0) is 19.7. The van der Waals surface area contributed by atoms with Crippen molar-refractivity contribution in [1.29, 1.82) is 0 Å². The fourth-order valence-corrected chi connectivity index (χ4v) is 4.37. The molecule has 0 aliphatic carbocycles. The second kappa shape index (κ2) is 7.84. The lowest BCUT2D eigenvalue weighted by atomic mass is 9.94. The highest BCUT2D eigenvalue weighted by molar-refractivity contribution is 7.15. The first kappa shape index (κ1) is 18.8. The number of likely N-dealkylation sites (tertiary alicyclic amines) is 1. The van der Waals surface area contributed by atoms with E-state index in [2.05, 4.69) is 30.3 Å². The average Bonchev–Trinajstić information content (AvgIpc) is 3.29. The van der Waals surface area contributed by atoms with Gasteiger partial charge < -0.3 is 5.32 Å². The minimum Gasteiger partial charge on any atom is -0.302 e. The topological polar surface area (TPSA) is 88.3 Å². The van der Waals surface area contributed by atoms with Gasteiger partial charge in [0, 0.05) is 37.0 Å². The van der Waals surface area contributed by atoms with Crippen LogP contribution >= 0.6 is 11.3 Å². The number of anilines is 1. The van der Waals surface area contributed by atoms with Crippen LogP contribution < -0.4 is 5.32 Å². The van der Waals surface area contributed by atoms with E-state index in [0.29, 0.717) is 23.9 Å². The molecule has 1 amide bonds. The van der Waals surface area contributed by atoms with Gasteiger partial charge in [-0.1, -0.05) is 0 Å². The molecule has 3 aromatic rings.